The minimum atomic E-state index is -4.99. The van der Waals surface area contributed by atoms with Gasteiger partial charge in [-0.2, -0.15) is 26.3 Å². The zero-order valence-corrected chi connectivity index (χ0v) is 20.2. The second kappa shape index (κ2) is 10.0. The van der Waals surface area contributed by atoms with E-state index in [4.69, 9.17) is 0 Å². The molecule has 1 amide bonds. The van der Waals surface area contributed by atoms with Gasteiger partial charge in [-0.25, -0.2) is 4.39 Å². The van der Waals surface area contributed by atoms with E-state index in [1.165, 1.54) is 26.0 Å². The quantitative estimate of drug-likeness (QED) is 0.425. The first-order valence-corrected chi connectivity index (χ1v) is 11.6. The van der Waals surface area contributed by atoms with Gasteiger partial charge in [0.05, 0.1) is 16.7 Å². The fourth-order valence-corrected chi connectivity index (χ4v) is 4.89. The number of halogens is 7. The van der Waals surface area contributed by atoms with Crippen LogP contribution < -0.4 is 10.6 Å². The number of piperidine rings is 1. The van der Waals surface area contributed by atoms with Crippen molar-refractivity contribution in [2.45, 2.75) is 63.3 Å². The SMILES string of the molecule is CC(C)(NC(=O)CC(C)(c1ccc(F)cc1)C1CCNCC1)c1cc(C(F)(F)F)cc(C(F)(F)F)c1. The summed E-state index contributed by atoms with van der Waals surface area (Å²) in [5, 5.41) is 5.89. The first-order chi connectivity index (χ1) is 16.5. The van der Waals surface area contributed by atoms with Crippen LogP contribution >= 0.6 is 0 Å². The van der Waals surface area contributed by atoms with Gasteiger partial charge in [0.25, 0.3) is 0 Å². The molecule has 1 fully saturated rings. The van der Waals surface area contributed by atoms with Gasteiger partial charge in [0.2, 0.25) is 5.91 Å². The van der Waals surface area contributed by atoms with Crippen LogP contribution in [0.25, 0.3) is 0 Å². The minimum Gasteiger partial charge on any atom is -0.347 e. The molecule has 2 aromatic rings. The van der Waals surface area contributed by atoms with Crippen LogP contribution in [0, 0.1) is 11.7 Å². The third-order valence-corrected chi connectivity index (χ3v) is 7.03. The Morgan fingerprint density at radius 3 is 1.78 bits per heavy atom. The molecule has 36 heavy (non-hydrogen) atoms. The molecule has 0 saturated carbocycles. The smallest absolute Gasteiger partial charge is 0.347 e. The molecule has 3 nitrogen and oxygen atoms in total. The molecule has 0 spiro atoms. The van der Waals surface area contributed by atoms with Gasteiger partial charge < -0.3 is 10.6 Å². The predicted molar refractivity (Wildman–Crippen MR) is 122 cm³/mol. The fourth-order valence-electron chi connectivity index (χ4n) is 4.89. The van der Waals surface area contributed by atoms with E-state index in [0.29, 0.717) is 12.1 Å². The average Bonchev–Trinajstić information content (AvgIpc) is 2.78. The maximum atomic E-state index is 13.6. The molecule has 0 aliphatic carbocycles. The zero-order chi connectivity index (χ0) is 26.9. The van der Waals surface area contributed by atoms with Gasteiger partial charge in [-0.3, -0.25) is 4.79 Å². The topological polar surface area (TPSA) is 41.1 Å². The highest BCUT2D eigenvalue weighted by atomic mass is 19.4. The number of hydrogen-bond acceptors (Lipinski definition) is 2. The van der Waals surface area contributed by atoms with Gasteiger partial charge in [-0.05, 0) is 87.2 Å². The molecule has 0 aromatic heterocycles. The van der Waals surface area contributed by atoms with Crippen LogP contribution in [0.4, 0.5) is 30.7 Å². The highest BCUT2D eigenvalue weighted by Crippen LogP contribution is 2.42. The molecule has 2 N–H and O–H groups in total. The lowest BCUT2D eigenvalue weighted by Crippen LogP contribution is -2.47. The van der Waals surface area contributed by atoms with Crippen molar-refractivity contribution in [1.29, 1.82) is 0 Å². The molecule has 10 heteroatoms. The molecular formula is C26H29F7N2O. The molecule has 1 aliphatic rings. The largest absolute Gasteiger partial charge is 0.416 e. The van der Waals surface area contributed by atoms with E-state index >= 15 is 0 Å². The summed E-state index contributed by atoms with van der Waals surface area (Å²) in [5.41, 5.74) is -4.72. The maximum Gasteiger partial charge on any atom is 0.416 e. The number of benzene rings is 2. The summed E-state index contributed by atoms with van der Waals surface area (Å²) in [7, 11) is 0. The van der Waals surface area contributed by atoms with Crippen molar-refractivity contribution < 1.29 is 35.5 Å². The number of carbonyl (C=O) groups is 1. The summed E-state index contributed by atoms with van der Waals surface area (Å²) in [6.45, 7) is 6.08. The normalized spacial score (nSPS) is 17.5. The van der Waals surface area contributed by atoms with E-state index in [2.05, 4.69) is 10.6 Å². The Morgan fingerprint density at radius 2 is 1.31 bits per heavy atom. The van der Waals surface area contributed by atoms with Crippen LogP contribution in [0.2, 0.25) is 0 Å². The van der Waals surface area contributed by atoms with Gasteiger partial charge in [0.15, 0.2) is 0 Å². The molecule has 1 atom stereocenters. The average molecular weight is 519 g/mol. The summed E-state index contributed by atoms with van der Waals surface area (Å²) >= 11 is 0. The lowest BCUT2D eigenvalue weighted by atomic mass is 9.66. The Kier molecular flexibility index (Phi) is 7.79. The number of hydrogen-bond donors (Lipinski definition) is 2. The Hall–Kier alpha value is -2.62. The number of carbonyl (C=O) groups excluding carboxylic acids is 1. The second-order valence-electron chi connectivity index (χ2n) is 10.1. The van der Waals surface area contributed by atoms with Crippen LogP contribution in [0.3, 0.4) is 0 Å². The summed E-state index contributed by atoms with van der Waals surface area (Å²) in [4.78, 5) is 13.2. The number of amides is 1. The van der Waals surface area contributed by atoms with Gasteiger partial charge in [0, 0.05) is 11.8 Å². The van der Waals surface area contributed by atoms with Crippen molar-refractivity contribution in [2.75, 3.05) is 13.1 Å². The van der Waals surface area contributed by atoms with Gasteiger partial charge >= 0.3 is 12.4 Å². The highest BCUT2D eigenvalue weighted by molar-refractivity contribution is 5.78. The van der Waals surface area contributed by atoms with Crippen molar-refractivity contribution in [1.82, 2.24) is 10.6 Å². The molecule has 1 heterocycles. The molecule has 1 saturated heterocycles. The zero-order valence-electron chi connectivity index (χ0n) is 20.2. The maximum absolute atomic E-state index is 13.6. The number of rotatable bonds is 6. The lowest BCUT2D eigenvalue weighted by Gasteiger charge is -2.41. The predicted octanol–water partition coefficient (Wildman–Crippen LogP) is 6.56. The van der Waals surface area contributed by atoms with Crippen molar-refractivity contribution in [3.8, 4) is 0 Å². The van der Waals surface area contributed by atoms with E-state index in [1.54, 1.807) is 12.1 Å². The first kappa shape index (κ1) is 28.0. The Labute approximate surface area is 205 Å². The second-order valence-corrected chi connectivity index (χ2v) is 10.1. The lowest BCUT2D eigenvalue weighted by molar-refractivity contribution is -0.143. The number of alkyl halides is 6. The van der Waals surface area contributed by atoms with Gasteiger partial charge in [0.1, 0.15) is 5.82 Å². The molecule has 1 aliphatic heterocycles. The van der Waals surface area contributed by atoms with Crippen molar-refractivity contribution >= 4 is 5.91 Å². The summed E-state index contributed by atoms with van der Waals surface area (Å²) in [5.74, 6) is -0.901. The van der Waals surface area contributed by atoms with Gasteiger partial charge in [-0.15, -0.1) is 0 Å². The van der Waals surface area contributed by atoms with Crippen molar-refractivity contribution in [3.63, 3.8) is 0 Å². The minimum absolute atomic E-state index is 0.0588. The van der Waals surface area contributed by atoms with E-state index in [0.717, 1.165) is 31.5 Å². The Balaban J connectivity index is 1.93. The summed E-state index contributed by atoms with van der Waals surface area (Å²) in [6.07, 6.45) is -8.55. The Morgan fingerprint density at radius 1 is 0.833 bits per heavy atom. The standard InChI is InChI=1S/C26H29F7N2O/c1-23(2,18-12-19(25(28,29)30)14-20(13-18)26(31,32)33)35-22(36)15-24(3,17-8-10-34-11-9-17)16-4-6-21(27)7-5-16/h4-7,12-14,17,34H,8-11,15H2,1-3H3,(H,35,36). The van der Waals surface area contributed by atoms with E-state index in [9.17, 15) is 35.5 Å². The van der Waals surface area contributed by atoms with E-state index in [-0.39, 0.29) is 24.0 Å². The monoisotopic (exact) mass is 518 g/mol. The van der Waals surface area contributed by atoms with Crippen LogP contribution in [0.15, 0.2) is 42.5 Å². The molecule has 3 rings (SSSR count). The van der Waals surface area contributed by atoms with Gasteiger partial charge in [-0.1, -0.05) is 19.1 Å². The molecule has 0 bridgehead atoms. The molecule has 198 valence electrons. The third-order valence-electron chi connectivity index (χ3n) is 7.03. The van der Waals surface area contributed by atoms with Crippen LogP contribution in [-0.4, -0.2) is 19.0 Å². The summed E-state index contributed by atoms with van der Waals surface area (Å²) < 4.78 is 93.6. The van der Waals surface area contributed by atoms with Crippen LogP contribution in [0.1, 0.15) is 62.3 Å². The molecule has 1 unspecified atom stereocenters. The summed E-state index contributed by atoms with van der Waals surface area (Å²) in [6, 6.07) is 7.14. The van der Waals surface area contributed by atoms with Crippen molar-refractivity contribution in [2.24, 2.45) is 5.92 Å². The highest BCUT2D eigenvalue weighted by Gasteiger charge is 2.41. The molecule has 2 aromatic carbocycles. The first-order valence-electron chi connectivity index (χ1n) is 11.6. The van der Waals surface area contributed by atoms with Crippen LogP contribution in [-0.2, 0) is 28.1 Å². The molecular weight excluding hydrogens is 489 g/mol. The van der Waals surface area contributed by atoms with E-state index < -0.39 is 46.2 Å². The number of nitrogens with one attached hydrogen (secondary N) is 2. The van der Waals surface area contributed by atoms with Crippen LogP contribution in [0.5, 0.6) is 0 Å². The fraction of sp³-hybridized carbons (Fsp3) is 0.500. The molecule has 0 radical (unpaired) electrons. The van der Waals surface area contributed by atoms with E-state index in [1.807, 2.05) is 6.92 Å². The third kappa shape index (κ3) is 6.38. The Bertz CT molecular complexity index is 1040. The van der Waals surface area contributed by atoms with Crippen molar-refractivity contribution in [3.05, 3.63) is 70.5 Å².